The Morgan fingerprint density at radius 3 is 2.62 bits per heavy atom. The summed E-state index contributed by atoms with van der Waals surface area (Å²) in [6, 6.07) is -0.365. The van der Waals surface area contributed by atoms with E-state index in [-0.39, 0.29) is 17.5 Å². The zero-order chi connectivity index (χ0) is 12.0. The van der Waals surface area contributed by atoms with Crippen LogP contribution in [0.5, 0.6) is 0 Å². The van der Waals surface area contributed by atoms with Gasteiger partial charge in [-0.1, -0.05) is 0 Å². The summed E-state index contributed by atoms with van der Waals surface area (Å²) in [5.74, 6) is -0.137. The molecule has 0 saturated carbocycles. The van der Waals surface area contributed by atoms with E-state index in [1.54, 1.807) is 7.11 Å². The van der Waals surface area contributed by atoms with Crippen LogP contribution in [0.3, 0.4) is 0 Å². The number of hydrogen-bond donors (Lipinski definition) is 2. The number of aliphatic hydroxyl groups excluding tert-OH is 1. The molecule has 1 aliphatic rings. The number of aliphatic hydroxyl groups is 1. The summed E-state index contributed by atoms with van der Waals surface area (Å²) >= 11 is 0. The van der Waals surface area contributed by atoms with Gasteiger partial charge in [0, 0.05) is 19.7 Å². The Morgan fingerprint density at radius 1 is 1.31 bits per heavy atom. The van der Waals surface area contributed by atoms with E-state index in [1.165, 1.54) is 0 Å². The molecule has 0 aromatic heterocycles. The lowest BCUT2D eigenvalue weighted by Gasteiger charge is -2.14. The van der Waals surface area contributed by atoms with Crippen LogP contribution in [0, 0.1) is 0 Å². The summed E-state index contributed by atoms with van der Waals surface area (Å²) in [5.41, 5.74) is 0. The van der Waals surface area contributed by atoms with E-state index >= 15 is 0 Å². The standard InChI is InChI=1S/C9H19NO5S/c1-14-4-5-15-3-2-10-8-6-16(12,13)7-9(8)11/h8-11H,2-7H2,1H3. The number of ether oxygens (including phenoxy) is 2. The second-order valence-electron chi connectivity index (χ2n) is 3.81. The van der Waals surface area contributed by atoms with Gasteiger partial charge in [-0.25, -0.2) is 8.42 Å². The summed E-state index contributed by atoms with van der Waals surface area (Å²) in [5, 5.41) is 12.4. The molecule has 0 aromatic carbocycles. The van der Waals surface area contributed by atoms with E-state index in [1.807, 2.05) is 0 Å². The molecule has 7 heteroatoms. The fourth-order valence-electron chi connectivity index (χ4n) is 1.58. The molecule has 0 spiro atoms. The molecule has 2 N–H and O–H groups in total. The van der Waals surface area contributed by atoms with Crippen molar-refractivity contribution in [3.63, 3.8) is 0 Å². The molecule has 1 aliphatic heterocycles. The van der Waals surface area contributed by atoms with Crippen molar-refractivity contribution < 1.29 is 23.0 Å². The van der Waals surface area contributed by atoms with Gasteiger partial charge in [0.25, 0.3) is 0 Å². The van der Waals surface area contributed by atoms with Crippen LogP contribution < -0.4 is 5.32 Å². The van der Waals surface area contributed by atoms with Gasteiger partial charge in [0.15, 0.2) is 9.84 Å². The van der Waals surface area contributed by atoms with Crippen LogP contribution >= 0.6 is 0 Å². The SMILES string of the molecule is COCCOCCNC1CS(=O)(=O)CC1O. The minimum absolute atomic E-state index is 0.00619. The lowest BCUT2D eigenvalue weighted by atomic mass is 10.2. The average molecular weight is 253 g/mol. The van der Waals surface area contributed by atoms with E-state index in [0.29, 0.717) is 26.4 Å². The highest BCUT2D eigenvalue weighted by atomic mass is 32.2. The van der Waals surface area contributed by atoms with E-state index in [9.17, 15) is 13.5 Å². The largest absolute Gasteiger partial charge is 0.390 e. The maximum atomic E-state index is 11.2. The molecule has 0 aliphatic carbocycles. The lowest BCUT2D eigenvalue weighted by molar-refractivity contribution is 0.0688. The molecule has 1 heterocycles. The second-order valence-corrected chi connectivity index (χ2v) is 5.96. The highest BCUT2D eigenvalue weighted by Crippen LogP contribution is 2.11. The van der Waals surface area contributed by atoms with Crippen molar-refractivity contribution in [1.29, 1.82) is 0 Å². The zero-order valence-electron chi connectivity index (χ0n) is 9.39. The van der Waals surface area contributed by atoms with Gasteiger partial charge < -0.3 is 19.9 Å². The van der Waals surface area contributed by atoms with Crippen molar-refractivity contribution in [2.75, 3.05) is 45.0 Å². The molecule has 0 amide bonds. The summed E-state index contributed by atoms with van der Waals surface area (Å²) in [6.07, 6.45) is -0.802. The van der Waals surface area contributed by atoms with Gasteiger partial charge in [-0.3, -0.25) is 0 Å². The fraction of sp³-hybridized carbons (Fsp3) is 1.00. The van der Waals surface area contributed by atoms with Crippen LogP contribution in [0.1, 0.15) is 0 Å². The zero-order valence-corrected chi connectivity index (χ0v) is 10.2. The van der Waals surface area contributed by atoms with Gasteiger partial charge in [0.2, 0.25) is 0 Å². The maximum absolute atomic E-state index is 11.2. The van der Waals surface area contributed by atoms with Crippen LogP contribution in [-0.4, -0.2) is 70.7 Å². The maximum Gasteiger partial charge on any atom is 0.154 e. The van der Waals surface area contributed by atoms with Crippen LogP contribution in [0.4, 0.5) is 0 Å². The van der Waals surface area contributed by atoms with Gasteiger partial charge in [-0.15, -0.1) is 0 Å². The predicted molar refractivity (Wildman–Crippen MR) is 59.1 cm³/mol. The minimum atomic E-state index is -3.07. The summed E-state index contributed by atoms with van der Waals surface area (Å²) in [4.78, 5) is 0. The molecule has 1 saturated heterocycles. The smallest absolute Gasteiger partial charge is 0.154 e. The Labute approximate surface area is 95.8 Å². The highest BCUT2D eigenvalue weighted by Gasteiger charge is 2.35. The van der Waals surface area contributed by atoms with Gasteiger partial charge in [-0.05, 0) is 0 Å². The first kappa shape index (κ1) is 13.9. The first-order valence-corrected chi connectivity index (χ1v) is 7.06. The topological polar surface area (TPSA) is 84.9 Å². The molecule has 0 radical (unpaired) electrons. The number of nitrogens with one attached hydrogen (secondary N) is 1. The molecule has 0 aromatic rings. The summed E-state index contributed by atoms with van der Waals surface area (Å²) in [6.45, 7) is 2.07. The molecule has 16 heavy (non-hydrogen) atoms. The molecule has 96 valence electrons. The van der Waals surface area contributed by atoms with Gasteiger partial charge in [0.05, 0.1) is 37.4 Å². The number of sulfone groups is 1. The second kappa shape index (κ2) is 6.51. The van der Waals surface area contributed by atoms with Crippen molar-refractivity contribution >= 4 is 9.84 Å². The number of rotatable bonds is 7. The first-order chi connectivity index (χ1) is 7.55. The molecule has 6 nitrogen and oxygen atoms in total. The van der Waals surface area contributed by atoms with Crippen LogP contribution in [0.15, 0.2) is 0 Å². The quantitative estimate of drug-likeness (QED) is 0.531. The van der Waals surface area contributed by atoms with E-state index in [0.717, 1.165) is 0 Å². The normalized spacial score (nSPS) is 28.4. The van der Waals surface area contributed by atoms with E-state index in [2.05, 4.69) is 5.32 Å². The summed E-state index contributed by atoms with van der Waals surface area (Å²) in [7, 11) is -1.47. The molecular weight excluding hydrogens is 234 g/mol. The average Bonchev–Trinajstić information content (AvgIpc) is 2.45. The third-order valence-electron chi connectivity index (χ3n) is 2.41. The lowest BCUT2D eigenvalue weighted by Crippen LogP contribution is -2.40. The molecule has 0 bridgehead atoms. The van der Waals surface area contributed by atoms with Crippen molar-refractivity contribution in [3.05, 3.63) is 0 Å². The van der Waals surface area contributed by atoms with Crippen molar-refractivity contribution in [3.8, 4) is 0 Å². The number of methoxy groups -OCH3 is 1. The van der Waals surface area contributed by atoms with Crippen LogP contribution in [0.2, 0.25) is 0 Å². The Hall–Kier alpha value is -0.210. The molecule has 2 unspecified atom stereocenters. The van der Waals surface area contributed by atoms with Crippen LogP contribution in [-0.2, 0) is 19.3 Å². The van der Waals surface area contributed by atoms with Gasteiger partial charge in [0.1, 0.15) is 0 Å². The molecule has 1 rings (SSSR count). The molecular formula is C9H19NO5S. The van der Waals surface area contributed by atoms with Crippen LogP contribution in [0.25, 0.3) is 0 Å². The Kier molecular flexibility index (Phi) is 5.63. The Bertz CT molecular complexity index is 292. The summed E-state index contributed by atoms with van der Waals surface area (Å²) < 4.78 is 32.4. The van der Waals surface area contributed by atoms with Crippen molar-refractivity contribution in [2.45, 2.75) is 12.1 Å². The van der Waals surface area contributed by atoms with Crippen molar-refractivity contribution in [2.24, 2.45) is 0 Å². The molecule has 2 atom stereocenters. The Morgan fingerprint density at radius 2 is 2.06 bits per heavy atom. The monoisotopic (exact) mass is 253 g/mol. The third-order valence-corrected chi connectivity index (χ3v) is 4.12. The van der Waals surface area contributed by atoms with Crippen molar-refractivity contribution in [1.82, 2.24) is 5.32 Å². The number of hydrogen-bond acceptors (Lipinski definition) is 6. The van der Waals surface area contributed by atoms with E-state index < -0.39 is 15.9 Å². The Balaban J connectivity index is 2.10. The van der Waals surface area contributed by atoms with Gasteiger partial charge in [-0.2, -0.15) is 0 Å². The minimum Gasteiger partial charge on any atom is -0.390 e. The third kappa shape index (κ3) is 4.75. The predicted octanol–water partition coefficient (Wildman–Crippen LogP) is -1.60. The van der Waals surface area contributed by atoms with E-state index in [4.69, 9.17) is 9.47 Å². The molecule has 1 fully saturated rings. The fourth-order valence-corrected chi connectivity index (χ4v) is 3.36. The first-order valence-electron chi connectivity index (χ1n) is 5.24. The van der Waals surface area contributed by atoms with Gasteiger partial charge >= 0.3 is 0 Å². The highest BCUT2D eigenvalue weighted by molar-refractivity contribution is 7.91.